The summed E-state index contributed by atoms with van der Waals surface area (Å²) in [4.78, 5) is 34.7. The number of H-pyrrole nitrogens is 1. The van der Waals surface area contributed by atoms with Gasteiger partial charge in [-0.25, -0.2) is 4.98 Å². The third-order valence-corrected chi connectivity index (χ3v) is 5.15. The van der Waals surface area contributed by atoms with Crippen LogP contribution in [-0.2, 0) is 11.2 Å². The minimum Gasteiger partial charge on any atom is -0.361 e. The number of nitrogens with zero attached hydrogens (tertiary/aromatic N) is 3. The number of hydrogen-bond donors (Lipinski definition) is 2. The maximum absolute atomic E-state index is 12.4. The lowest BCUT2D eigenvalue weighted by Gasteiger charge is -2.33. The molecule has 0 bridgehead atoms. The van der Waals surface area contributed by atoms with Crippen LogP contribution in [0.15, 0.2) is 48.8 Å². The maximum Gasteiger partial charge on any atom is 0.252 e. The maximum atomic E-state index is 12.4. The smallest absolute Gasteiger partial charge is 0.252 e. The number of fused-ring (bicyclic) bond motifs is 1. The highest BCUT2D eigenvalue weighted by Gasteiger charge is 2.17. The fourth-order valence-corrected chi connectivity index (χ4v) is 3.52. The molecule has 144 valence electrons. The van der Waals surface area contributed by atoms with E-state index in [4.69, 9.17) is 0 Å². The molecular formula is C21H23N5O2. The standard InChI is InChI=1S/C21H23N5O2/c27-15-25-9-11-26(12-10-25)20-6-5-17(14-24-20)21(28)22-8-7-16-13-23-19-4-2-1-3-18(16)19/h1-6,13-15,23H,7-12H2,(H,22,28). The van der Waals surface area contributed by atoms with Crippen molar-refractivity contribution in [3.05, 3.63) is 59.9 Å². The Hall–Kier alpha value is -3.35. The number of rotatable bonds is 6. The number of para-hydroxylation sites is 1. The first kappa shape index (κ1) is 18.0. The van der Waals surface area contributed by atoms with Crippen molar-refractivity contribution < 1.29 is 9.59 Å². The van der Waals surface area contributed by atoms with Crippen molar-refractivity contribution in [3.8, 4) is 0 Å². The minimum atomic E-state index is -0.121. The van der Waals surface area contributed by atoms with E-state index >= 15 is 0 Å². The Kier molecular flexibility index (Phi) is 5.23. The van der Waals surface area contributed by atoms with Gasteiger partial charge in [0.2, 0.25) is 6.41 Å². The number of aromatic nitrogens is 2. The van der Waals surface area contributed by atoms with Crippen LogP contribution >= 0.6 is 0 Å². The minimum absolute atomic E-state index is 0.121. The number of aromatic amines is 1. The van der Waals surface area contributed by atoms with Gasteiger partial charge in [0, 0.05) is 56.0 Å². The van der Waals surface area contributed by atoms with Crippen LogP contribution in [0.5, 0.6) is 0 Å². The molecule has 7 heteroatoms. The lowest BCUT2D eigenvalue weighted by Crippen LogP contribution is -2.46. The summed E-state index contributed by atoms with van der Waals surface area (Å²) in [6, 6.07) is 11.8. The first-order valence-electron chi connectivity index (χ1n) is 9.48. The summed E-state index contributed by atoms with van der Waals surface area (Å²) in [5, 5.41) is 4.15. The van der Waals surface area contributed by atoms with E-state index in [1.165, 1.54) is 10.9 Å². The quantitative estimate of drug-likeness (QED) is 0.642. The third kappa shape index (κ3) is 3.83. The van der Waals surface area contributed by atoms with E-state index in [9.17, 15) is 9.59 Å². The molecule has 1 aromatic carbocycles. The molecule has 0 radical (unpaired) electrons. The molecule has 7 nitrogen and oxygen atoms in total. The van der Waals surface area contributed by atoms with Crippen molar-refractivity contribution >= 4 is 29.0 Å². The van der Waals surface area contributed by atoms with Crippen molar-refractivity contribution in [2.75, 3.05) is 37.6 Å². The van der Waals surface area contributed by atoms with E-state index in [1.807, 2.05) is 30.5 Å². The summed E-state index contributed by atoms with van der Waals surface area (Å²) >= 11 is 0. The molecule has 1 saturated heterocycles. The van der Waals surface area contributed by atoms with Crippen molar-refractivity contribution in [1.82, 2.24) is 20.2 Å². The van der Waals surface area contributed by atoms with E-state index in [1.54, 1.807) is 17.2 Å². The van der Waals surface area contributed by atoms with Crippen LogP contribution in [0, 0.1) is 0 Å². The molecule has 0 unspecified atom stereocenters. The van der Waals surface area contributed by atoms with E-state index in [0.717, 1.165) is 37.3 Å². The van der Waals surface area contributed by atoms with Gasteiger partial charge >= 0.3 is 0 Å². The van der Waals surface area contributed by atoms with Gasteiger partial charge in [-0.3, -0.25) is 9.59 Å². The van der Waals surface area contributed by atoms with E-state index in [2.05, 4.69) is 26.3 Å². The number of pyridine rings is 1. The first-order valence-corrected chi connectivity index (χ1v) is 9.48. The number of benzene rings is 1. The van der Waals surface area contributed by atoms with Gasteiger partial charge in [-0.2, -0.15) is 0 Å². The molecule has 1 fully saturated rings. The predicted octanol–water partition coefficient (Wildman–Crippen LogP) is 1.81. The van der Waals surface area contributed by atoms with E-state index < -0.39 is 0 Å². The Labute approximate surface area is 163 Å². The number of anilines is 1. The topological polar surface area (TPSA) is 81.3 Å². The van der Waals surface area contributed by atoms with Crippen LogP contribution in [0.1, 0.15) is 15.9 Å². The Morgan fingerprint density at radius 3 is 2.71 bits per heavy atom. The summed E-state index contributed by atoms with van der Waals surface area (Å²) in [7, 11) is 0. The zero-order chi connectivity index (χ0) is 19.3. The number of amides is 2. The highest BCUT2D eigenvalue weighted by atomic mass is 16.1. The molecule has 28 heavy (non-hydrogen) atoms. The number of nitrogens with one attached hydrogen (secondary N) is 2. The van der Waals surface area contributed by atoms with Crippen LogP contribution in [0.4, 0.5) is 5.82 Å². The summed E-state index contributed by atoms with van der Waals surface area (Å²) in [6.45, 7) is 3.46. The number of carbonyl (C=O) groups is 2. The molecule has 2 N–H and O–H groups in total. The second-order valence-corrected chi connectivity index (χ2v) is 6.90. The lowest BCUT2D eigenvalue weighted by atomic mass is 10.1. The van der Waals surface area contributed by atoms with Gasteiger partial charge in [-0.05, 0) is 30.2 Å². The molecular weight excluding hydrogens is 354 g/mol. The van der Waals surface area contributed by atoms with E-state index in [0.29, 0.717) is 25.2 Å². The molecule has 0 spiro atoms. The Balaban J connectivity index is 1.30. The van der Waals surface area contributed by atoms with Crippen molar-refractivity contribution in [2.45, 2.75) is 6.42 Å². The highest BCUT2D eigenvalue weighted by Crippen LogP contribution is 2.18. The second-order valence-electron chi connectivity index (χ2n) is 6.90. The normalized spacial score (nSPS) is 14.3. The monoisotopic (exact) mass is 377 g/mol. The number of carbonyl (C=O) groups excluding carboxylic acids is 2. The lowest BCUT2D eigenvalue weighted by molar-refractivity contribution is -0.118. The molecule has 3 aromatic rings. The zero-order valence-electron chi connectivity index (χ0n) is 15.6. The molecule has 1 aliphatic rings. The van der Waals surface area contributed by atoms with Gasteiger partial charge in [-0.1, -0.05) is 18.2 Å². The molecule has 0 saturated carbocycles. The molecule has 0 aliphatic carbocycles. The highest BCUT2D eigenvalue weighted by molar-refractivity contribution is 5.94. The molecule has 4 rings (SSSR count). The Morgan fingerprint density at radius 1 is 1.14 bits per heavy atom. The molecule has 3 heterocycles. The number of hydrogen-bond acceptors (Lipinski definition) is 4. The number of piperazine rings is 1. The third-order valence-electron chi connectivity index (χ3n) is 5.15. The molecule has 2 aromatic heterocycles. The van der Waals surface area contributed by atoms with Gasteiger partial charge in [0.25, 0.3) is 5.91 Å². The van der Waals surface area contributed by atoms with Gasteiger partial charge in [0.1, 0.15) is 5.82 Å². The summed E-state index contributed by atoms with van der Waals surface area (Å²) in [5.74, 6) is 0.713. The molecule has 0 atom stereocenters. The summed E-state index contributed by atoms with van der Waals surface area (Å²) < 4.78 is 0. The Bertz CT molecular complexity index is 958. The Morgan fingerprint density at radius 2 is 1.96 bits per heavy atom. The van der Waals surface area contributed by atoms with Crippen molar-refractivity contribution in [1.29, 1.82) is 0 Å². The SMILES string of the molecule is O=CN1CCN(c2ccc(C(=O)NCCc3c[nH]c4ccccc34)cn2)CC1. The van der Waals surface area contributed by atoms with Crippen LogP contribution in [0.3, 0.4) is 0 Å². The molecule has 1 aliphatic heterocycles. The van der Waals surface area contributed by atoms with Gasteiger partial charge < -0.3 is 20.1 Å². The first-order chi connectivity index (χ1) is 13.7. The van der Waals surface area contributed by atoms with Crippen molar-refractivity contribution in [3.63, 3.8) is 0 Å². The predicted molar refractivity (Wildman–Crippen MR) is 108 cm³/mol. The van der Waals surface area contributed by atoms with Crippen LogP contribution < -0.4 is 10.2 Å². The average molecular weight is 377 g/mol. The van der Waals surface area contributed by atoms with Gasteiger partial charge in [0.15, 0.2) is 0 Å². The van der Waals surface area contributed by atoms with Gasteiger partial charge in [-0.15, -0.1) is 0 Å². The van der Waals surface area contributed by atoms with Crippen LogP contribution in [-0.4, -0.2) is 59.9 Å². The van der Waals surface area contributed by atoms with Crippen LogP contribution in [0.2, 0.25) is 0 Å². The van der Waals surface area contributed by atoms with E-state index in [-0.39, 0.29) is 5.91 Å². The summed E-state index contributed by atoms with van der Waals surface area (Å²) in [5.41, 5.74) is 2.85. The molecule has 2 amide bonds. The van der Waals surface area contributed by atoms with Crippen molar-refractivity contribution in [2.24, 2.45) is 0 Å². The summed E-state index contributed by atoms with van der Waals surface area (Å²) in [6.07, 6.45) is 5.26. The fraction of sp³-hybridized carbons (Fsp3) is 0.286. The zero-order valence-corrected chi connectivity index (χ0v) is 15.6. The average Bonchev–Trinajstić information content (AvgIpc) is 3.17. The largest absolute Gasteiger partial charge is 0.361 e. The van der Waals surface area contributed by atoms with Crippen LogP contribution in [0.25, 0.3) is 10.9 Å². The van der Waals surface area contributed by atoms with Gasteiger partial charge in [0.05, 0.1) is 5.56 Å². The fourth-order valence-electron chi connectivity index (χ4n) is 3.52. The second kappa shape index (κ2) is 8.12.